The van der Waals surface area contributed by atoms with Crippen LogP contribution in [0.1, 0.15) is 31.1 Å². The smallest absolute Gasteiger partial charge is 0.0994 e. The molecule has 1 fully saturated rings. The van der Waals surface area contributed by atoms with E-state index < -0.39 is 0 Å². The molecule has 0 aliphatic carbocycles. The highest BCUT2D eigenvalue weighted by molar-refractivity contribution is 5.07. The third-order valence-corrected chi connectivity index (χ3v) is 2.20. The molecule has 1 aromatic heterocycles. The Morgan fingerprint density at radius 3 is 3.00 bits per heavy atom. The molecule has 2 nitrogen and oxygen atoms in total. The predicted octanol–water partition coefficient (Wildman–Crippen LogP) is 2.32. The van der Waals surface area contributed by atoms with Crippen molar-refractivity contribution in [1.29, 1.82) is 0 Å². The van der Waals surface area contributed by atoms with Crippen LogP contribution in [0.2, 0.25) is 0 Å². The minimum atomic E-state index is 0.250. The number of hydrogen-bond donors (Lipinski definition) is 0. The second kappa shape index (κ2) is 3.68. The zero-order valence-electron chi connectivity index (χ0n) is 7.07. The van der Waals surface area contributed by atoms with Crippen LogP contribution >= 0.6 is 0 Å². The maximum absolute atomic E-state index is 5.60. The summed E-state index contributed by atoms with van der Waals surface area (Å²) in [6.45, 7) is 0.890. The van der Waals surface area contributed by atoms with Crippen LogP contribution in [0.4, 0.5) is 0 Å². The summed E-state index contributed by atoms with van der Waals surface area (Å²) in [7, 11) is 0. The first-order valence-corrected chi connectivity index (χ1v) is 4.49. The van der Waals surface area contributed by atoms with Crippen molar-refractivity contribution in [3.63, 3.8) is 0 Å². The molecule has 1 saturated heterocycles. The van der Waals surface area contributed by atoms with E-state index in [1.807, 2.05) is 24.4 Å². The van der Waals surface area contributed by atoms with Crippen LogP contribution in [0.15, 0.2) is 24.4 Å². The van der Waals surface area contributed by atoms with Crippen molar-refractivity contribution >= 4 is 0 Å². The molecular weight excluding hydrogens is 150 g/mol. The van der Waals surface area contributed by atoms with Crippen molar-refractivity contribution in [2.45, 2.75) is 25.4 Å². The molecule has 1 atom stereocenters. The summed E-state index contributed by atoms with van der Waals surface area (Å²) in [5, 5.41) is 0. The number of ether oxygens (including phenoxy) is 1. The van der Waals surface area contributed by atoms with Gasteiger partial charge in [0.15, 0.2) is 0 Å². The highest BCUT2D eigenvalue weighted by atomic mass is 16.5. The molecule has 1 aromatic rings. The molecule has 2 heterocycles. The number of rotatable bonds is 1. The van der Waals surface area contributed by atoms with Crippen LogP contribution < -0.4 is 0 Å². The normalized spacial score (nSPS) is 23.8. The van der Waals surface area contributed by atoms with Crippen LogP contribution in [0.5, 0.6) is 0 Å². The van der Waals surface area contributed by atoms with Gasteiger partial charge in [0.1, 0.15) is 0 Å². The maximum Gasteiger partial charge on any atom is 0.0994 e. The fourth-order valence-corrected chi connectivity index (χ4v) is 1.54. The molecule has 0 N–H and O–H groups in total. The fraction of sp³-hybridized carbons (Fsp3) is 0.500. The summed E-state index contributed by atoms with van der Waals surface area (Å²) >= 11 is 0. The van der Waals surface area contributed by atoms with E-state index >= 15 is 0 Å². The van der Waals surface area contributed by atoms with Crippen LogP contribution in [-0.2, 0) is 4.74 Å². The molecule has 2 rings (SSSR count). The Kier molecular flexibility index (Phi) is 2.37. The van der Waals surface area contributed by atoms with Gasteiger partial charge in [0.2, 0.25) is 0 Å². The lowest BCUT2D eigenvalue weighted by Gasteiger charge is -2.21. The van der Waals surface area contributed by atoms with E-state index in [-0.39, 0.29) is 6.10 Å². The van der Waals surface area contributed by atoms with Crippen molar-refractivity contribution in [3.05, 3.63) is 30.1 Å². The van der Waals surface area contributed by atoms with Crippen LogP contribution in [0, 0.1) is 0 Å². The van der Waals surface area contributed by atoms with Crippen molar-refractivity contribution < 1.29 is 4.74 Å². The fourth-order valence-electron chi connectivity index (χ4n) is 1.54. The van der Waals surface area contributed by atoms with E-state index in [9.17, 15) is 0 Å². The molecular formula is C10H13NO. The molecule has 0 bridgehead atoms. The van der Waals surface area contributed by atoms with Crippen molar-refractivity contribution in [3.8, 4) is 0 Å². The first-order valence-electron chi connectivity index (χ1n) is 4.49. The molecule has 0 radical (unpaired) electrons. The Morgan fingerprint density at radius 2 is 2.33 bits per heavy atom. The van der Waals surface area contributed by atoms with E-state index in [1.165, 1.54) is 12.8 Å². The van der Waals surface area contributed by atoms with Gasteiger partial charge in [-0.1, -0.05) is 6.07 Å². The summed E-state index contributed by atoms with van der Waals surface area (Å²) in [5.74, 6) is 0. The van der Waals surface area contributed by atoms with Gasteiger partial charge < -0.3 is 4.74 Å². The number of pyridine rings is 1. The molecule has 0 aromatic carbocycles. The van der Waals surface area contributed by atoms with Gasteiger partial charge in [0, 0.05) is 12.8 Å². The van der Waals surface area contributed by atoms with Gasteiger partial charge in [0.05, 0.1) is 11.8 Å². The van der Waals surface area contributed by atoms with Gasteiger partial charge in [-0.05, 0) is 31.4 Å². The molecule has 1 aliphatic rings. The highest BCUT2D eigenvalue weighted by Gasteiger charge is 2.16. The Labute approximate surface area is 72.6 Å². The Balaban J connectivity index is 2.08. The summed E-state index contributed by atoms with van der Waals surface area (Å²) < 4.78 is 5.60. The number of nitrogens with zero attached hydrogens (tertiary/aromatic N) is 1. The molecule has 64 valence electrons. The summed E-state index contributed by atoms with van der Waals surface area (Å²) in [6.07, 6.45) is 5.66. The molecule has 0 saturated carbocycles. The van der Waals surface area contributed by atoms with E-state index in [4.69, 9.17) is 4.74 Å². The topological polar surface area (TPSA) is 22.1 Å². The third-order valence-electron chi connectivity index (χ3n) is 2.20. The van der Waals surface area contributed by atoms with Crippen molar-refractivity contribution in [1.82, 2.24) is 4.98 Å². The monoisotopic (exact) mass is 163 g/mol. The van der Waals surface area contributed by atoms with Gasteiger partial charge >= 0.3 is 0 Å². The van der Waals surface area contributed by atoms with Gasteiger partial charge in [-0.15, -0.1) is 0 Å². The minimum Gasteiger partial charge on any atom is -0.372 e. The van der Waals surface area contributed by atoms with Crippen LogP contribution in [0.3, 0.4) is 0 Å². The second-order valence-electron chi connectivity index (χ2n) is 3.11. The van der Waals surface area contributed by atoms with E-state index in [0.29, 0.717) is 0 Å². The molecule has 0 unspecified atom stereocenters. The third kappa shape index (κ3) is 1.64. The predicted molar refractivity (Wildman–Crippen MR) is 46.8 cm³/mol. The molecule has 12 heavy (non-hydrogen) atoms. The summed E-state index contributed by atoms with van der Waals surface area (Å²) in [4.78, 5) is 4.28. The first kappa shape index (κ1) is 7.74. The molecule has 0 amide bonds. The number of hydrogen-bond acceptors (Lipinski definition) is 2. The maximum atomic E-state index is 5.60. The standard InChI is InChI=1S/C10H13NO/c1-3-7-11-9(5-1)10-6-2-4-8-12-10/h1,3,5,7,10H,2,4,6,8H2/t10-/m1/s1. The average Bonchev–Trinajstić information content (AvgIpc) is 2.21. The lowest BCUT2D eigenvalue weighted by Crippen LogP contribution is -2.12. The molecule has 0 spiro atoms. The highest BCUT2D eigenvalue weighted by Crippen LogP contribution is 2.25. The number of aromatic nitrogens is 1. The summed E-state index contributed by atoms with van der Waals surface area (Å²) in [6, 6.07) is 5.99. The SMILES string of the molecule is c1ccc([C@H]2CCCCO2)nc1. The van der Waals surface area contributed by atoms with E-state index in [2.05, 4.69) is 4.98 Å². The molecule has 1 aliphatic heterocycles. The van der Waals surface area contributed by atoms with E-state index in [0.717, 1.165) is 18.7 Å². The van der Waals surface area contributed by atoms with Gasteiger partial charge in [-0.3, -0.25) is 4.98 Å². The Morgan fingerprint density at radius 1 is 1.33 bits per heavy atom. The zero-order valence-corrected chi connectivity index (χ0v) is 7.07. The van der Waals surface area contributed by atoms with Crippen molar-refractivity contribution in [2.75, 3.05) is 6.61 Å². The lowest BCUT2D eigenvalue weighted by atomic mass is 10.1. The van der Waals surface area contributed by atoms with Crippen LogP contribution in [-0.4, -0.2) is 11.6 Å². The van der Waals surface area contributed by atoms with Crippen molar-refractivity contribution in [2.24, 2.45) is 0 Å². The quantitative estimate of drug-likeness (QED) is 0.633. The minimum absolute atomic E-state index is 0.250. The van der Waals surface area contributed by atoms with E-state index in [1.54, 1.807) is 0 Å². The average molecular weight is 163 g/mol. The summed E-state index contributed by atoms with van der Waals surface area (Å²) in [5.41, 5.74) is 1.08. The first-order chi connectivity index (χ1) is 5.97. The van der Waals surface area contributed by atoms with Crippen LogP contribution in [0.25, 0.3) is 0 Å². The zero-order chi connectivity index (χ0) is 8.23. The Bertz CT molecular complexity index is 229. The second-order valence-corrected chi connectivity index (χ2v) is 3.11. The lowest BCUT2D eigenvalue weighted by molar-refractivity contribution is 0.0123. The molecule has 2 heteroatoms. The largest absolute Gasteiger partial charge is 0.372 e. The van der Waals surface area contributed by atoms with Gasteiger partial charge in [-0.25, -0.2) is 0 Å². The van der Waals surface area contributed by atoms with Gasteiger partial charge in [0.25, 0.3) is 0 Å². The Hall–Kier alpha value is -0.890. The van der Waals surface area contributed by atoms with Gasteiger partial charge in [-0.2, -0.15) is 0 Å².